The number of nitrogens with zero attached hydrogens (tertiary/aromatic N) is 2. The third kappa shape index (κ3) is 3.61. The fraction of sp³-hybridized carbons (Fsp3) is 0.167. The number of hydrogen-bond acceptors (Lipinski definition) is 6. The minimum Gasteiger partial charge on any atom is -0.446 e. The van der Waals surface area contributed by atoms with Crippen molar-refractivity contribution in [1.82, 2.24) is 9.97 Å². The highest BCUT2D eigenvalue weighted by molar-refractivity contribution is 5.99. The fourth-order valence-corrected chi connectivity index (χ4v) is 2.80. The van der Waals surface area contributed by atoms with Gasteiger partial charge in [0.1, 0.15) is 11.3 Å². The Morgan fingerprint density at radius 2 is 2.00 bits per heavy atom. The summed E-state index contributed by atoms with van der Waals surface area (Å²) >= 11 is 0. The van der Waals surface area contributed by atoms with E-state index >= 15 is 0 Å². The van der Waals surface area contributed by atoms with Crippen molar-refractivity contribution < 1.29 is 22.4 Å². The number of nitrogens with one attached hydrogen (secondary N) is 3. The molecule has 3 aromatic rings. The van der Waals surface area contributed by atoms with Gasteiger partial charge in [0.15, 0.2) is 11.7 Å². The Kier molecular flexibility index (Phi) is 4.17. The first-order chi connectivity index (χ1) is 13.3. The first-order valence-electron chi connectivity index (χ1n) is 8.25. The Balaban J connectivity index is 1.64. The SMILES string of the molecule is Cc1ccc(Nc2nc(Nc3ccc4c(c3)CC(=O)N4)ncc2C(F)(F)F)o1. The van der Waals surface area contributed by atoms with E-state index in [0.29, 0.717) is 23.3 Å². The molecule has 1 aliphatic rings. The summed E-state index contributed by atoms with van der Waals surface area (Å²) in [6, 6.07) is 8.23. The summed E-state index contributed by atoms with van der Waals surface area (Å²) in [6.45, 7) is 1.68. The molecule has 0 radical (unpaired) electrons. The minimum atomic E-state index is -4.64. The zero-order valence-electron chi connectivity index (χ0n) is 14.5. The van der Waals surface area contributed by atoms with Crippen molar-refractivity contribution in [2.24, 2.45) is 0 Å². The third-order valence-electron chi connectivity index (χ3n) is 4.06. The van der Waals surface area contributed by atoms with Crippen LogP contribution < -0.4 is 16.0 Å². The number of fused-ring (bicyclic) bond motifs is 1. The molecule has 10 heteroatoms. The Morgan fingerprint density at radius 3 is 2.71 bits per heavy atom. The number of carbonyl (C=O) groups is 1. The van der Waals surface area contributed by atoms with Crippen LogP contribution in [-0.4, -0.2) is 15.9 Å². The molecule has 144 valence electrons. The Hall–Kier alpha value is -3.56. The van der Waals surface area contributed by atoms with E-state index in [-0.39, 0.29) is 24.2 Å². The molecular weight excluding hydrogens is 375 g/mol. The van der Waals surface area contributed by atoms with E-state index in [1.165, 1.54) is 6.07 Å². The van der Waals surface area contributed by atoms with E-state index in [1.54, 1.807) is 31.2 Å². The highest BCUT2D eigenvalue weighted by Gasteiger charge is 2.35. The van der Waals surface area contributed by atoms with Gasteiger partial charge in [0, 0.05) is 23.6 Å². The Bertz CT molecular complexity index is 1060. The number of hydrogen-bond donors (Lipinski definition) is 3. The fourth-order valence-electron chi connectivity index (χ4n) is 2.80. The maximum Gasteiger partial charge on any atom is 0.421 e. The smallest absolute Gasteiger partial charge is 0.421 e. The van der Waals surface area contributed by atoms with Crippen LogP contribution in [0.5, 0.6) is 0 Å². The van der Waals surface area contributed by atoms with Crippen molar-refractivity contribution in [2.75, 3.05) is 16.0 Å². The number of aryl methyl sites for hydroxylation is 1. The second-order valence-electron chi connectivity index (χ2n) is 6.21. The Morgan fingerprint density at radius 1 is 1.18 bits per heavy atom. The van der Waals surface area contributed by atoms with Crippen molar-refractivity contribution in [1.29, 1.82) is 0 Å². The maximum atomic E-state index is 13.3. The number of halogens is 3. The molecule has 0 fully saturated rings. The molecule has 0 spiro atoms. The van der Waals surface area contributed by atoms with Crippen LogP contribution in [0, 0.1) is 6.92 Å². The van der Waals surface area contributed by atoms with E-state index in [2.05, 4.69) is 25.9 Å². The van der Waals surface area contributed by atoms with Gasteiger partial charge in [-0.1, -0.05) is 0 Å². The normalized spacial score (nSPS) is 13.2. The first kappa shape index (κ1) is 17.8. The lowest BCUT2D eigenvalue weighted by Gasteiger charge is -2.14. The monoisotopic (exact) mass is 389 g/mol. The molecule has 1 aliphatic heterocycles. The topological polar surface area (TPSA) is 92.1 Å². The van der Waals surface area contributed by atoms with E-state index < -0.39 is 17.6 Å². The molecule has 3 N–H and O–H groups in total. The van der Waals surface area contributed by atoms with Gasteiger partial charge in [-0.3, -0.25) is 4.79 Å². The van der Waals surface area contributed by atoms with Crippen LogP contribution in [0.25, 0.3) is 0 Å². The van der Waals surface area contributed by atoms with Gasteiger partial charge >= 0.3 is 6.18 Å². The van der Waals surface area contributed by atoms with Crippen LogP contribution in [0.3, 0.4) is 0 Å². The summed E-state index contributed by atoms with van der Waals surface area (Å²) in [5.74, 6) is 0.103. The molecule has 0 bridgehead atoms. The van der Waals surface area contributed by atoms with Crippen LogP contribution in [0.2, 0.25) is 0 Å². The van der Waals surface area contributed by atoms with Crippen LogP contribution in [0.15, 0.2) is 40.9 Å². The van der Waals surface area contributed by atoms with Crippen molar-refractivity contribution in [3.8, 4) is 0 Å². The van der Waals surface area contributed by atoms with E-state index in [1.807, 2.05) is 0 Å². The molecule has 1 aromatic carbocycles. The number of furan rings is 1. The number of carbonyl (C=O) groups excluding carboxylic acids is 1. The number of rotatable bonds is 4. The van der Waals surface area contributed by atoms with E-state index in [0.717, 1.165) is 5.56 Å². The van der Waals surface area contributed by atoms with Gasteiger partial charge in [-0.25, -0.2) is 4.98 Å². The molecule has 2 aromatic heterocycles. The van der Waals surface area contributed by atoms with Gasteiger partial charge < -0.3 is 20.4 Å². The molecule has 0 unspecified atom stereocenters. The lowest BCUT2D eigenvalue weighted by atomic mass is 10.1. The summed E-state index contributed by atoms with van der Waals surface area (Å²) in [4.78, 5) is 19.2. The molecule has 0 saturated carbocycles. The predicted octanol–water partition coefficient (Wildman–Crippen LogP) is 4.38. The number of amides is 1. The zero-order valence-corrected chi connectivity index (χ0v) is 14.5. The van der Waals surface area contributed by atoms with Gasteiger partial charge in [-0.15, -0.1) is 0 Å². The van der Waals surface area contributed by atoms with Gasteiger partial charge in [-0.05, 0) is 36.8 Å². The van der Waals surface area contributed by atoms with Crippen LogP contribution in [-0.2, 0) is 17.4 Å². The van der Waals surface area contributed by atoms with E-state index in [4.69, 9.17) is 4.42 Å². The molecular formula is C18H14F3N5O2. The average Bonchev–Trinajstić information content (AvgIpc) is 3.18. The second-order valence-corrected chi connectivity index (χ2v) is 6.21. The lowest BCUT2D eigenvalue weighted by molar-refractivity contribution is -0.137. The zero-order chi connectivity index (χ0) is 19.9. The standard InChI is InChI=1S/C18H14F3N5O2/c1-9-2-5-15(28-9)25-16-12(18(19,20)21)8-22-17(26-16)23-11-3-4-13-10(6-11)7-14(27)24-13/h2-6,8H,7H2,1H3,(H,24,27)(H2,22,23,25,26). The number of aromatic nitrogens is 2. The number of alkyl halides is 3. The van der Waals surface area contributed by atoms with Crippen molar-refractivity contribution >= 4 is 34.9 Å². The lowest BCUT2D eigenvalue weighted by Crippen LogP contribution is -2.12. The second kappa shape index (κ2) is 6.55. The van der Waals surface area contributed by atoms with Crippen molar-refractivity contribution in [3.63, 3.8) is 0 Å². The summed E-state index contributed by atoms with van der Waals surface area (Å²) in [7, 11) is 0. The highest BCUT2D eigenvalue weighted by atomic mass is 19.4. The van der Waals surface area contributed by atoms with Gasteiger partial charge in [0.05, 0.1) is 6.42 Å². The van der Waals surface area contributed by atoms with Crippen LogP contribution in [0.1, 0.15) is 16.9 Å². The van der Waals surface area contributed by atoms with Crippen molar-refractivity contribution in [3.05, 3.63) is 53.4 Å². The summed E-state index contributed by atoms with van der Waals surface area (Å²) in [5, 5.41) is 8.11. The highest BCUT2D eigenvalue weighted by Crippen LogP contribution is 2.36. The molecule has 28 heavy (non-hydrogen) atoms. The van der Waals surface area contributed by atoms with Crippen LogP contribution >= 0.6 is 0 Å². The molecule has 3 heterocycles. The molecule has 0 saturated heterocycles. The minimum absolute atomic E-state index is 0.0315. The number of benzene rings is 1. The summed E-state index contributed by atoms with van der Waals surface area (Å²) < 4.78 is 45.2. The van der Waals surface area contributed by atoms with Gasteiger partial charge in [-0.2, -0.15) is 18.2 Å². The van der Waals surface area contributed by atoms with E-state index in [9.17, 15) is 18.0 Å². The largest absolute Gasteiger partial charge is 0.446 e. The molecule has 0 atom stereocenters. The number of anilines is 5. The average molecular weight is 389 g/mol. The molecule has 4 rings (SSSR count). The van der Waals surface area contributed by atoms with Gasteiger partial charge in [0.2, 0.25) is 11.9 Å². The summed E-state index contributed by atoms with van der Waals surface area (Å²) in [5.41, 5.74) is 1.02. The maximum absolute atomic E-state index is 13.3. The first-order valence-corrected chi connectivity index (χ1v) is 8.25. The van der Waals surface area contributed by atoms with Crippen molar-refractivity contribution in [2.45, 2.75) is 19.5 Å². The molecule has 7 nitrogen and oxygen atoms in total. The van der Waals surface area contributed by atoms with Crippen LogP contribution in [0.4, 0.5) is 42.2 Å². The van der Waals surface area contributed by atoms with Gasteiger partial charge in [0.25, 0.3) is 0 Å². The summed E-state index contributed by atoms with van der Waals surface area (Å²) in [6.07, 6.45) is -3.70. The third-order valence-corrected chi connectivity index (χ3v) is 4.06. The molecule has 0 aliphatic carbocycles. The molecule has 1 amide bonds. The predicted molar refractivity (Wildman–Crippen MR) is 95.8 cm³/mol. The Labute approximate surface area is 157 Å². The quantitative estimate of drug-likeness (QED) is 0.613.